The van der Waals surface area contributed by atoms with E-state index in [0.717, 1.165) is 0 Å². The van der Waals surface area contributed by atoms with Crippen molar-refractivity contribution in [2.75, 3.05) is 36.5 Å². The van der Waals surface area contributed by atoms with Crippen LogP contribution in [-0.4, -0.2) is 94.2 Å². The van der Waals surface area contributed by atoms with Gasteiger partial charge in [-0.3, -0.25) is 9.89 Å². The number of alkyl halides is 9. The van der Waals surface area contributed by atoms with E-state index >= 15 is 0 Å². The molecule has 4 rings (SSSR count). The number of hydrogen-bond donors (Lipinski definition) is 6. The van der Waals surface area contributed by atoms with Crippen molar-refractivity contribution in [1.29, 1.82) is 0 Å². The molecule has 1 saturated heterocycles. The molecule has 1 aromatic heterocycles. The molecule has 7 N–H and O–H groups in total. The maximum Gasteiger partial charge on any atom is 0.490 e. The topological polar surface area (TPSA) is 208 Å². The number of ether oxygens (including phenoxy) is 1. The van der Waals surface area contributed by atoms with Gasteiger partial charge in [0.05, 0.1) is 30.8 Å². The third-order valence-corrected chi connectivity index (χ3v) is 6.00. The van der Waals surface area contributed by atoms with E-state index in [1.807, 2.05) is 0 Å². The minimum atomic E-state index is -5.08. The number of rotatable bonds is 5. The van der Waals surface area contributed by atoms with Crippen LogP contribution in [0.4, 0.5) is 55.3 Å². The van der Waals surface area contributed by atoms with E-state index in [4.69, 9.17) is 51.8 Å². The summed E-state index contributed by atoms with van der Waals surface area (Å²) in [6.45, 7) is 2.36. The van der Waals surface area contributed by atoms with Gasteiger partial charge in [0, 0.05) is 41.5 Å². The largest absolute Gasteiger partial charge is 0.490 e. The molecular formula is C27H24ClF10N5O8. The summed E-state index contributed by atoms with van der Waals surface area (Å²) < 4.78 is 116. The number of aromatic nitrogens is 2. The van der Waals surface area contributed by atoms with Crippen molar-refractivity contribution in [2.24, 2.45) is 5.73 Å². The molecule has 51 heavy (non-hydrogen) atoms. The fourth-order valence-electron chi connectivity index (χ4n) is 3.38. The Morgan fingerprint density at radius 2 is 1.31 bits per heavy atom. The van der Waals surface area contributed by atoms with E-state index in [1.54, 1.807) is 42.7 Å². The molecule has 24 heteroatoms. The highest BCUT2D eigenvalue weighted by Gasteiger charge is 2.39. The van der Waals surface area contributed by atoms with Gasteiger partial charge in [-0.05, 0) is 23.8 Å². The van der Waals surface area contributed by atoms with Gasteiger partial charge < -0.3 is 36.0 Å². The van der Waals surface area contributed by atoms with E-state index in [-0.39, 0.29) is 0 Å². The Morgan fingerprint density at radius 3 is 1.71 bits per heavy atom. The second-order valence-electron chi connectivity index (χ2n) is 9.36. The molecule has 0 bridgehead atoms. The summed E-state index contributed by atoms with van der Waals surface area (Å²) in [5, 5.41) is 31.3. The fraction of sp³-hybridized carbons (Fsp3) is 0.296. The highest BCUT2D eigenvalue weighted by atomic mass is 35.5. The predicted octanol–water partition coefficient (Wildman–Crippen LogP) is 5.24. The number of benzene rings is 2. The SMILES string of the molecule is NC(C(=O)Nc1cc(F)c(-c2cn[nH]c2)cc1N1CCOCC1)c1ccc(Cl)cc1.O=C(O)C(F)(F)F.O=C(O)C(F)(F)F.O=C(O)C(F)(F)F. The second kappa shape index (κ2) is 18.7. The van der Waals surface area contributed by atoms with E-state index in [0.29, 0.717) is 59.4 Å². The minimum absolute atomic E-state index is 0.357. The number of hydrogen-bond acceptors (Lipinski definition) is 8. The third-order valence-electron chi connectivity index (χ3n) is 5.74. The van der Waals surface area contributed by atoms with Crippen LogP contribution in [0.3, 0.4) is 0 Å². The predicted molar refractivity (Wildman–Crippen MR) is 155 cm³/mol. The number of carbonyl (C=O) groups excluding carboxylic acids is 1. The maximum absolute atomic E-state index is 14.9. The first kappa shape index (κ1) is 43.9. The van der Waals surface area contributed by atoms with Crippen LogP contribution in [0.25, 0.3) is 11.1 Å². The van der Waals surface area contributed by atoms with E-state index < -0.39 is 54.2 Å². The number of carboxylic acids is 3. The Hall–Kier alpha value is -5.16. The zero-order valence-corrected chi connectivity index (χ0v) is 25.8. The number of carbonyl (C=O) groups is 4. The number of H-pyrrole nitrogens is 1. The number of anilines is 2. The molecule has 1 amide bonds. The van der Waals surface area contributed by atoms with Crippen molar-refractivity contribution in [3.8, 4) is 11.1 Å². The fourth-order valence-corrected chi connectivity index (χ4v) is 3.51. The number of carboxylic acid groups (broad SMARTS) is 3. The summed E-state index contributed by atoms with van der Waals surface area (Å²) in [5.41, 5.74) is 8.80. The number of halogens is 11. The van der Waals surface area contributed by atoms with E-state index in [1.165, 1.54) is 6.07 Å². The quantitative estimate of drug-likeness (QED) is 0.185. The van der Waals surface area contributed by atoms with Gasteiger partial charge in [-0.2, -0.15) is 44.6 Å². The van der Waals surface area contributed by atoms with Gasteiger partial charge in [0.1, 0.15) is 11.9 Å². The lowest BCUT2D eigenvalue weighted by molar-refractivity contribution is -0.193. The molecular weight excluding hydrogens is 748 g/mol. The third kappa shape index (κ3) is 15.1. The van der Waals surface area contributed by atoms with Gasteiger partial charge in [0.15, 0.2) is 0 Å². The molecule has 13 nitrogen and oxygen atoms in total. The molecule has 1 atom stereocenters. The lowest BCUT2D eigenvalue weighted by atomic mass is 10.0. The second-order valence-corrected chi connectivity index (χ2v) is 9.80. The van der Waals surface area contributed by atoms with Gasteiger partial charge in [-0.15, -0.1) is 0 Å². The standard InChI is InChI=1S/C21H21ClFN5O2.3C2HF3O2/c22-15-3-1-13(2-4-15)20(24)21(29)27-18-10-17(23)16(14-11-25-26-12-14)9-19(18)28-5-7-30-8-6-28;3*3-2(4,5)1(6)7/h1-4,9-12,20H,5-8,24H2,(H,25,26)(H,27,29);3*(H,6,7). The molecule has 3 aromatic rings. The first-order valence-corrected chi connectivity index (χ1v) is 13.6. The maximum atomic E-state index is 14.9. The van der Waals surface area contributed by atoms with Crippen LogP contribution in [0.5, 0.6) is 0 Å². The van der Waals surface area contributed by atoms with Crippen molar-refractivity contribution < 1.29 is 83.1 Å². The van der Waals surface area contributed by atoms with Gasteiger partial charge >= 0.3 is 36.4 Å². The summed E-state index contributed by atoms with van der Waals surface area (Å²) in [6.07, 6.45) is -12.1. The zero-order valence-electron chi connectivity index (χ0n) is 25.0. The molecule has 2 heterocycles. The van der Waals surface area contributed by atoms with Crippen LogP contribution in [-0.2, 0) is 23.9 Å². The molecule has 1 aliphatic rings. The molecule has 1 aliphatic heterocycles. The van der Waals surface area contributed by atoms with Gasteiger partial charge in [0.2, 0.25) is 5.91 Å². The molecule has 282 valence electrons. The molecule has 0 radical (unpaired) electrons. The van der Waals surface area contributed by atoms with Crippen LogP contribution in [0.15, 0.2) is 48.8 Å². The Bertz CT molecular complexity index is 1560. The molecule has 2 aromatic carbocycles. The highest BCUT2D eigenvalue weighted by molar-refractivity contribution is 6.30. The van der Waals surface area contributed by atoms with E-state index in [9.17, 15) is 48.7 Å². The first-order chi connectivity index (χ1) is 23.4. The number of aliphatic carboxylic acids is 3. The lowest BCUT2D eigenvalue weighted by Crippen LogP contribution is -2.37. The van der Waals surface area contributed by atoms with Crippen molar-refractivity contribution in [1.82, 2.24) is 10.2 Å². The summed E-state index contributed by atoms with van der Waals surface area (Å²) in [4.78, 5) is 41.5. The average Bonchev–Trinajstić information content (AvgIpc) is 3.56. The van der Waals surface area contributed by atoms with Crippen LogP contribution in [0.2, 0.25) is 5.02 Å². The first-order valence-electron chi connectivity index (χ1n) is 13.2. The van der Waals surface area contributed by atoms with Crippen molar-refractivity contribution >= 4 is 46.8 Å². The van der Waals surface area contributed by atoms with Gasteiger partial charge in [0.25, 0.3) is 0 Å². The number of morpholine rings is 1. The highest BCUT2D eigenvalue weighted by Crippen LogP contribution is 2.35. The lowest BCUT2D eigenvalue weighted by Gasteiger charge is -2.31. The summed E-state index contributed by atoms with van der Waals surface area (Å²) >= 11 is 5.90. The zero-order chi connectivity index (χ0) is 39.3. The number of nitrogens with one attached hydrogen (secondary N) is 2. The van der Waals surface area contributed by atoms with Crippen LogP contribution >= 0.6 is 11.6 Å². The molecule has 0 spiro atoms. The molecule has 0 aliphatic carbocycles. The Labute approximate surface area is 283 Å². The summed E-state index contributed by atoms with van der Waals surface area (Å²) in [6, 6.07) is 8.84. The van der Waals surface area contributed by atoms with Crippen molar-refractivity contribution in [2.45, 2.75) is 24.6 Å². The normalized spacial score (nSPS) is 13.5. The number of amides is 1. The van der Waals surface area contributed by atoms with Crippen LogP contribution in [0.1, 0.15) is 11.6 Å². The van der Waals surface area contributed by atoms with Crippen molar-refractivity contribution in [3.05, 3.63) is 65.2 Å². The van der Waals surface area contributed by atoms with Gasteiger partial charge in [-0.1, -0.05) is 23.7 Å². The summed E-state index contributed by atoms with van der Waals surface area (Å²) in [5.74, 6) is -9.18. The smallest absolute Gasteiger partial charge is 0.475 e. The summed E-state index contributed by atoms with van der Waals surface area (Å²) in [7, 11) is 0. The Balaban J connectivity index is 0.000000505. The Morgan fingerprint density at radius 1 is 0.863 bits per heavy atom. The average molecular weight is 772 g/mol. The van der Waals surface area contributed by atoms with Crippen LogP contribution < -0.4 is 16.0 Å². The Kier molecular flexibility index (Phi) is 16.1. The van der Waals surface area contributed by atoms with Crippen molar-refractivity contribution in [3.63, 3.8) is 0 Å². The molecule has 1 unspecified atom stereocenters. The monoisotopic (exact) mass is 771 g/mol. The number of nitrogens with zero attached hydrogens (tertiary/aromatic N) is 2. The molecule has 1 fully saturated rings. The van der Waals surface area contributed by atoms with Crippen LogP contribution in [0, 0.1) is 5.82 Å². The number of nitrogens with two attached hydrogens (primary N) is 1. The molecule has 0 saturated carbocycles. The minimum Gasteiger partial charge on any atom is -0.475 e. The van der Waals surface area contributed by atoms with E-state index in [2.05, 4.69) is 20.4 Å². The van der Waals surface area contributed by atoms with Gasteiger partial charge in [-0.25, -0.2) is 18.8 Å². The number of aromatic amines is 1.